The predicted molar refractivity (Wildman–Crippen MR) is 139 cm³/mol. The Balaban J connectivity index is 1.96. The summed E-state index contributed by atoms with van der Waals surface area (Å²) in [4.78, 5) is 2.23. The fraction of sp³-hybridized carbons (Fsp3) is 0.259. The molecular formula is C27H27Cl2NS. The number of anilines is 3. The number of rotatable bonds is 4. The molecule has 0 N–H and O–H groups in total. The van der Waals surface area contributed by atoms with Gasteiger partial charge in [0.25, 0.3) is 0 Å². The molecule has 0 radical (unpaired) electrons. The lowest BCUT2D eigenvalue weighted by atomic mass is 9.86. The average molecular weight is 468 g/mol. The van der Waals surface area contributed by atoms with Crippen molar-refractivity contribution < 1.29 is 0 Å². The van der Waals surface area contributed by atoms with Gasteiger partial charge in [0, 0.05) is 21.2 Å². The van der Waals surface area contributed by atoms with Gasteiger partial charge in [-0.15, -0.1) is 11.3 Å². The molecule has 0 aliphatic heterocycles. The van der Waals surface area contributed by atoms with Crippen molar-refractivity contribution in [2.75, 3.05) is 4.90 Å². The van der Waals surface area contributed by atoms with Crippen LogP contribution in [0.15, 0.2) is 66.0 Å². The normalized spacial score (nSPS) is 12.0. The summed E-state index contributed by atoms with van der Waals surface area (Å²) < 4.78 is 1.25. The van der Waals surface area contributed by atoms with Gasteiger partial charge >= 0.3 is 0 Å². The van der Waals surface area contributed by atoms with Crippen LogP contribution in [0.5, 0.6) is 0 Å². The van der Waals surface area contributed by atoms with Crippen molar-refractivity contribution >= 4 is 61.7 Å². The SMILES string of the molecule is CC(C)c1ccc(N(c2cccc(Cl)c2Cl)c2csc3ccc(C(C)(C)C)cc23)cc1. The van der Waals surface area contributed by atoms with Gasteiger partial charge in [0.15, 0.2) is 0 Å². The van der Waals surface area contributed by atoms with Crippen LogP contribution < -0.4 is 4.90 Å². The Morgan fingerprint density at radius 3 is 2.23 bits per heavy atom. The van der Waals surface area contributed by atoms with Crippen LogP contribution in [0, 0.1) is 0 Å². The zero-order valence-corrected chi connectivity index (χ0v) is 20.9. The Morgan fingerprint density at radius 2 is 1.58 bits per heavy atom. The van der Waals surface area contributed by atoms with Gasteiger partial charge in [0.05, 0.1) is 21.4 Å². The van der Waals surface area contributed by atoms with Gasteiger partial charge in [-0.3, -0.25) is 0 Å². The molecule has 0 atom stereocenters. The molecule has 0 spiro atoms. The average Bonchev–Trinajstić information content (AvgIpc) is 3.14. The fourth-order valence-corrected chi connectivity index (χ4v) is 5.02. The van der Waals surface area contributed by atoms with Crippen LogP contribution in [0.4, 0.5) is 17.1 Å². The third-order valence-corrected chi connectivity index (χ3v) is 7.41. The van der Waals surface area contributed by atoms with Gasteiger partial charge in [-0.05, 0) is 58.9 Å². The summed E-state index contributed by atoms with van der Waals surface area (Å²) in [6, 6.07) is 21.3. The second kappa shape index (κ2) is 8.50. The lowest BCUT2D eigenvalue weighted by Gasteiger charge is -2.27. The van der Waals surface area contributed by atoms with E-state index in [1.807, 2.05) is 18.2 Å². The van der Waals surface area contributed by atoms with Crippen molar-refractivity contribution in [1.29, 1.82) is 0 Å². The highest BCUT2D eigenvalue weighted by atomic mass is 35.5. The molecule has 4 aromatic rings. The Labute approximate surface area is 199 Å². The zero-order chi connectivity index (χ0) is 22.3. The first-order chi connectivity index (χ1) is 14.7. The first-order valence-corrected chi connectivity index (χ1v) is 12.2. The summed E-state index contributed by atoms with van der Waals surface area (Å²) >= 11 is 14.9. The molecule has 4 heteroatoms. The molecule has 0 aliphatic carbocycles. The molecule has 0 bridgehead atoms. The topological polar surface area (TPSA) is 3.24 Å². The minimum atomic E-state index is 0.0742. The molecule has 31 heavy (non-hydrogen) atoms. The fourth-order valence-electron chi connectivity index (χ4n) is 3.74. The van der Waals surface area contributed by atoms with Crippen LogP contribution in [0.3, 0.4) is 0 Å². The minimum absolute atomic E-state index is 0.0742. The molecule has 1 nitrogen and oxygen atoms in total. The summed E-state index contributed by atoms with van der Waals surface area (Å²) in [5, 5.41) is 4.55. The lowest BCUT2D eigenvalue weighted by molar-refractivity contribution is 0.591. The standard InChI is InChI=1S/C27H27Cl2NS/c1-17(2)18-9-12-20(13-10-18)30(23-8-6-7-22(28)26(23)29)24-16-31-25-14-11-19(15-21(24)25)27(3,4)5/h6-17H,1-5H3. The molecule has 0 amide bonds. The van der Waals surface area contributed by atoms with E-state index in [1.54, 1.807) is 11.3 Å². The van der Waals surface area contributed by atoms with Crippen LogP contribution in [0.2, 0.25) is 10.0 Å². The van der Waals surface area contributed by atoms with Crippen LogP contribution in [-0.4, -0.2) is 0 Å². The smallest absolute Gasteiger partial charge is 0.0832 e. The largest absolute Gasteiger partial charge is 0.307 e. The summed E-state index contributed by atoms with van der Waals surface area (Å²) in [5.74, 6) is 0.480. The van der Waals surface area contributed by atoms with Crippen molar-refractivity contribution in [3.05, 3.63) is 87.2 Å². The van der Waals surface area contributed by atoms with Gasteiger partial charge in [-0.2, -0.15) is 0 Å². The van der Waals surface area contributed by atoms with Crippen molar-refractivity contribution in [3.8, 4) is 0 Å². The maximum Gasteiger partial charge on any atom is 0.0832 e. The number of hydrogen-bond acceptors (Lipinski definition) is 2. The van der Waals surface area contributed by atoms with Crippen LogP contribution in [0.25, 0.3) is 10.1 Å². The quantitative estimate of drug-likeness (QED) is 0.288. The molecular weight excluding hydrogens is 441 g/mol. The summed E-state index contributed by atoms with van der Waals surface area (Å²) in [5.41, 5.74) is 5.76. The Hall–Kier alpha value is -2.00. The molecule has 0 fully saturated rings. The number of benzene rings is 3. The minimum Gasteiger partial charge on any atom is -0.307 e. The third-order valence-electron chi connectivity index (χ3n) is 5.65. The van der Waals surface area contributed by atoms with E-state index in [2.05, 4.69) is 87.4 Å². The molecule has 3 aromatic carbocycles. The molecule has 0 saturated carbocycles. The summed E-state index contributed by atoms with van der Waals surface area (Å²) in [7, 11) is 0. The van der Waals surface area contributed by atoms with Gasteiger partial charge in [-0.25, -0.2) is 0 Å². The second-order valence-corrected chi connectivity index (χ2v) is 10.9. The Kier molecular flexibility index (Phi) is 6.09. The van der Waals surface area contributed by atoms with E-state index in [0.29, 0.717) is 16.0 Å². The highest BCUT2D eigenvalue weighted by molar-refractivity contribution is 7.17. The van der Waals surface area contributed by atoms with Gasteiger partial charge < -0.3 is 4.90 Å². The van der Waals surface area contributed by atoms with E-state index >= 15 is 0 Å². The molecule has 1 aromatic heterocycles. The molecule has 1 heterocycles. The van der Waals surface area contributed by atoms with Gasteiger partial charge in [0.2, 0.25) is 0 Å². The summed E-state index contributed by atoms with van der Waals surface area (Å²) in [6.07, 6.45) is 0. The van der Waals surface area contributed by atoms with Crippen molar-refractivity contribution in [2.45, 2.75) is 46.0 Å². The number of fused-ring (bicyclic) bond motifs is 1. The monoisotopic (exact) mass is 467 g/mol. The highest BCUT2D eigenvalue weighted by Gasteiger charge is 2.22. The van der Waals surface area contributed by atoms with E-state index < -0.39 is 0 Å². The number of halogens is 2. The van der Waals surface area contributed by atoms with Gasteiger partial charge in [-0.1, -0.05) is 82.1 Å². The lowest BCUT2D eigenvalue weighted by Crippen LogP contribution is -2.12. The van der Waals surface area contributed by atoms with Crippen molar-refractivity contribution in [3.63, 3.8) is 0 Å². The maximum atomic E-state index is 6.72. The number of thiophene rings is 1. The van der Waals surface area contributed by atoms with E-state index in [-0.39, 0.29) is 5.41 Å². The maximum absolute atomic E-state index is 6.72. The predicted octanol–water partition coefficient (Wildman–Crippen LogP) is 10.1. The number of nitrogens with zero attached hydrogens (tertiary/aromatic N) is 1. The third kappa shape index (κ3) is 4.35. The Bertz CT molecular complexity index is 1220. The highest BCUT2D eigenvalue weighted by Crippen LogP contribution is 2.46. The summed E-state index contributed by atoms with van der Waals surface area (Å²) in [6.45, 7) is 11.2. The molecule has 4 rings (SSSR count). The van der Waals surface area contributed by atoms with E-state index in [0.717, 1.165) is 17.1 Å². The molecule has 0 unspecified atom stereocenters. The number of hydrogen-bond donors (Lipinski definition) is 0. The first-order valence-electron chi connectivity index (χ1n) is 10.5. The molecule has 160 valence electrons. The zero-order valence-electron chi connectivity index (χ0n) is 18.5. The first kappa shape index (κ1) is 22.2. The Morgan fingerprint density at radius 1 is 0.871 bits per heavy atom. The molecule has 0 saturated heterocycles. The van der Waals surface area contributed by atoms with Crippen molar-refractivity contribution in [2.24, 2.45) is 0 Å². The van der Waals surface area contributed by atoms with E-state index in [9.17, 15) is 0 Å². The van der Waals surface area contributed by atoms with Crippen LogP contribution in [0.1, 0.15) is 51.7 Å². The van der Waals surface area contributed by atoms with E-state index in [4.69, 9.17) is 23.2 Å². The second-order valence-electron chi connectivity index (χ2n) is 9.24. The molecule has 0 aliphatic rings. The van der Waals surface area contributed by atoms with E-state index in [1.165, 1.54) is 21.2 Å². The van der Waals surface area contributed by atoms with Crippen LogP contribution >= 0.6 is 34.5 Å². The van der Waals surface area contributed by atoms with Gasteiger partial charge in [0.1, 0.15) is 0 Å². The van der Waals surface area contributed by atoms with Crippen molar-refractivity contribution in [1.82, 2.24) is 0 Å². The van der Waals surface area contributed by atoms with Crippen LogP contribution in [-0.2, 0) is 5.41 Å².